The van der Waals surface area contributed by atoms with Crippen LogP contribution in [-0.4, -0.2) is 84.9 Å². The van der Waals surface area contributed by atoms with Gasteiger partial charge in [-0.1, -0.05) is 42.8 Å². The Morgan fingerprint density at radius 3 is 2.51 bits per heavy atom. The van der Waals surface area contributed by atoms with Gasteiger partial charge in [0.15, 0.2) is 0 Å². The fourth-order valence-corrected chi connectivity index (χ4v) is 8.92. The van der Waals surface area contributed by atoms with E-state index in [1.54, 1.807) is 48.4 Å². The number of hydrogen-bond donors (Lipinski definition) is 2. The summed E-state index contributed by atoms with van der Waals surface area (Å²) >= 11 is 0. The molecule has 2 heterocycles. The predicted molar refractivity (Wildman–Crippen MR) is 209 cm³/mol. The highest BCUT2D eigenvalue weighted by atomic mass is 16.8. The van der Waals surface area contributed by atoms with Gasteiger partial charge in [0.2, 0.25) is 12.1 Å². The van der Waals surface area contributed by atoms with Crippen molar-refractivity contribution in [1.29, 1.82) is 5.26 Å². The van der Waals surface area contributed by atoms with Crippen LogP contribution < -0.4 is 9.47 Å². The average molecular weight is 754 g/mol. The first-order chi connectivity index (χ1) is 26.9. The Morgan fingerprint density at radius 1 is 1.05 bits per heavy atom. The van der Waals surface area contributed by atoms with Crippen LogP contribution in [0.1, 0.15) is 91.6 Å². The van der Waals surface area contributed by atoms with Crippen molar-refractivity contribution in [2.75, 3.05) is 40.1 Å². The number of allylic oxidation sites excluding steroid dienone is 1. The summed E-state index contributed by atoms with van der Waals surface area (Å²) in [5, 5.41) is 34.0. The zero-order chi connectivity index (χ0) is 38.8. The zero-order valence-electron chi connectivity index (χ0n) is 31.9. The number of benzene rings is 2. The van der Waals surface area contributed by atoms with Gasteiger partial charge in [-0.2, -0.15) is 5.26 Å². The van der Waals surface area contributed by atoms with Gasteiger partial charge >= 0.3 is 0 Å². The normalized spacial score (nSPS) is 27.4. The molecule has 2 fully saturated rings. The molecular formula is C44H55N3O8. The Hall–Kier alpha value is -4.47. The van der Waals surface area contributed by atoms with Crippen molar-refractivity contribution in [3.63, 3.8) is 0 Å². The molecule has 1 amide bonds. The minimum Gasteiger partial charge on any atom is -0.490 e. The van der Waals surface area contributed by atoms with Crippen LogP contribution in [0.25, 0.3) is 0 Å². The van der Waals surface area contributed by atoms with Gasteiger partial charge in [-0.25, -0.2) is 0 Å². The first kappa shape index (κ1) is 40.2. The largest absolute Gasteiger partial charge is 0.490 e. The molecule has 11 nitrogen and oxygen atoms in total. The molecule has 2 aromatic carbocycles. The molecule has 2 aromatic rings. The monoisotopic (exact) mass is 753 g/mol. The van der Waals surface area contributed by atoms with Gasteiger partial charge in [0.1, 0.15) is 24.1 Å². The number of aliphatic hydroxyl groups excluding tert-OH is 2. The Morgan fingerprint density at radius 2 is 1.82 bits per heavy atom. The van der Waals surface area contributed by atoms with E-state index in [0.29, 0.717) is 54.4 Å². The summed E-state index contributed by atoms with van der Waals surface area (Å²) in [6.45, 7) is 9.16. The number of ether oxygens (including phenoxy) is 4. The molecule has 1 saturated heterocycles. The van der Waals surface area contributed by atoms with E-state index in [-0.39, 0.29) is 49.9 Å². The van der Waals surface area contributed by atoms with Crippen LogP contribution in [-0.2, 0) is 14.3 Å². The van der Waals surface area contributed by atoms with Crippen molar-refractivity contribution < 1.29 is 38.8 Å². The molecule has 2 N–H and O–H groups in total. The number of oxime groups is 1. The molecule has 0 bridgehead atoms. The van der Waals surface area contributed by atoms with E-state index in [4.69, 9.17) is 28.9 Å². The Balaban J connectivity index is 1.56. The van der Waals surface area contributed by atoms with Gasteiger partial charge < -0.3 is 38.9 Å². The maximum atomic E-state index is 14.5. The molecule has 55 heavy (non-hydrogen) atoms. The number of carbonyl (C=O) groups excluding carboxylic acids is 1. The fourth-order valence-electron chi connectivity index (χ4n) is 8.92. The van der Waals surface area contributed by atoms with Crippen molar-refractivity contribution in [1.82, 2.24) is 4.90 Å². The van der Waals surface area contributed by atoms with Crippen molar-refractivity contribution in [3.8, 4) is 17.6 Å². The van der Waals surface area contributed by atoms with E-state index in [1.807, 2.05) is 12.1 Å². The standard InChI is InChI=1S/C44H55N3O8/c1-4-23-51-33-19-20-38-36(27-33)41-34(13-7-10-22-49)32(12-6-9-21-48)26-35-37(46-55-40-14-8-11-25-52-40)28-39(44(54-38,42(35)41)53-24-5-2)47(3)43(50)31-17-15-30(29-45)16-18-31/h4-5,15-20,26-27,32,34,39-42,48-49H,1-2,6-14,21-25,28H2,3H3/t32-,34+,39-,40?,41+,42+,44+/m0/s1. The lowest BCUT2D eigenvalue weighted by atomic mass is 9.55. The van der Waals surface area contributed by atoms with E-state index < -0.39 is 24.0 Å². The number of likely N-dealkylation sites (N-methyl/N-ethyl adjacent to an activating group) is 1. The summed E-state index contributed by atoms with van der Waals surface area (Å²) in [5.74, 6) is -0.701. The van der Waals surface area contributed by atoms with Crippen LogP contribution in [0.5, 0.6) is 11.5 Å². The summed E-state index contributed by atoms with van der Waals surface area (Å²) in [6.07, 6.45) is 12.9. The number of fused-ring (bicyclic) bond motifs is 2. The third-order valence-corrected chi connectivity index (χ3v) is 11.5. The van der Waals surface area contributed by atoms with Crippen LogP contribution in [0.3, 0.4) is 0 Å². The van der Waals surface area contributed by atoms with Crippen molar-refractivity contribution >= 4 is 11.6 Å². The Labute approximate surface area is 324 Å². The molecule has 4 aliphatic rings. The maximum absolute atomic E-state index is 14.5. The first-order valence-electron chi connectivity index (χ1n) is 19.8. The van der Waals surface area contributed by atoms with Gasteiger partial charge in [-0.3, -0.25) is 4.79 Å². The molecule has 0 spiro atoms. The quantitative estimate of drug-likeness (QED) is 0.0930. The highest BCUT2D eigenvalue weighted by Crippen LogP contribution is 2.62. The van der Waals surface area contributed by atoms with E-state index in [2.05, 4.69) is 31.4 Å². The third kappa shape index (κ3) is 8.68. The highest BCUT2D eigenvalue weighted by Gasteiger charge is 2.65. The molecule has 0 aromatic heterocycles. The predicted octanol–water partition coefficient (Wildman–Crippen LogP) is 7.06. The molecule has 0 radical (unpaired) electrons. The lowest BCUT2D eigenvalue weighted by Gasteiger charge is -2.59. The second-order valence-electron chi connectivity index (χ2n) is 14.9. The number of hydrogen-bond acceptors (Lipinski definition) is 10. The summed E-state index contributed by atoms with van der Waals surface area (Å²) in [5.41, 5.74) is 3.53. The topological polar surface area (TPSA) is 143 Å². The number of unbranched alkanes of at least 4 members (excludes halogenated alkanes) is 2. The summed E-state index contributed by atoms with van der Waals surface area (Å²) in [7, 11) is 1.76. The van der Waals surface area contributed by atoms with Gasteiger partial charge in [0.05, 0.1) is 36.5 Å². The second-order valence-corrected chi connectivity index (χ2v) is 14.9. The third-order valence-electron chi connectivity index (χ3n) is 11.5. The van der Waals surface area contributed by atoms with Crippen LogP contribution in [0.4, 0.5) is 0 Å². The molecule has 1 unspecified atom stereocenters. The Kier molecular flexibility index (Phi) is 13.8. The zero-order valence-corrected chi connectivity index (χ0v) is 31.9. The van der Waals surface area contributed by atoms with E-state index in [0.717, 1.165) is 56.1 Å². The first-order valence-corrected chi connectivity index (χ1v) is 19.8. The number of amides is 1. The van der Waals surface area contributed by atoms with Crippen molar-refractivity contribution in [2.24, 2.45) is 22.9 Å². The van der Waals surface area contributed by atoms with Gasteiger partial charge in [-0.15, -0.1) is 6.58 Å². The van der Waals surface area contributed by atoms with E-state index in [9.17, 15) is 20.3 Å². The summed E-state index contributed by atoms with van der Waals surface area (Å²) in [4.78, 5) is 22.3. The summed E-state index contributed by atoms with van der Waals surface area (Å²) < 4.78 is 26.2. The van der Waals surface area contributed by atoms with Crippen molar-refractivity contribution in [3.05, 3.63) is 96.1 Å². The van der Waals surface area contributed by atoms with E-state index >= 15 is 0 Å². The number of nitrogens with zero attached hydrogens (tertiary/aromatic N) is 3. The number of carbonyl (C=O) groups is 1. The van der Waals surface area contributed by atoms with Crippen LogP contribution in [0, 0.1) is 29.1 Å². The van der Waals surface area contributed by atoms with Crippen LogP contribution in [0.2, 0.25) is 0 Å². The van der Waals surface area contributed by atoms with Crippen LogP contribution in [0.15, 0.2) is 84.6 Å². The summed E-state index contributed by atoms with van der Waals surface area (Å²) in [6, 6.07) is 13.9. The van der Waals surface area contributed by atoms with E-state index in [1.165, 1.54) is 0 Å². The molecule has 2 aliphatic heterocycles. The molecule has 7 atom stereocenters. The smallest absolute Gasteiger partial charge is 0.254 e. The lowest BCUT2D eigenvalue weighted by molar-refractivity contribution is -0.252. The second kappa shape index (κ2) is 18.9. The molecule has 2 aliphatic carbocycles. The maximum Gasteiger partial charge on any atom is 0.254 e. The average Bonchev–Trinajstić information content (AvgIpc) is 3.22. The van der Waals surface area contributed by atoms with Gasteiger partial charge in [-0.05, 0) is 98.4 Å². The molecule has 6 rings (SSSR count). The van der Waals surface area contributed by atoms with Gasteiger partial charge in [0.25, 0.3) is 5.91 Å². The SMILES string of the molecule is C=CCOc1ccc2c(c1)[C@H]1[C@H](CCCCO)[C@@H](CCCCO)C=C3C(=NOC4CCCCO4)C[C@H](N(C)C(=O)c4ccc(C#N)cc4)[C@@](OCC=C)(O2)[C@H]31. The number of nitriles is 1. The molecule has 294 valence electrons. The minimum absolute atomic E-state index is 0.0881. The van der Waals surface area contributed by atoms with Crippen molar-refractivity contribution in [2.45, 2.75) is 88.2 Å². The number of aliphatic hydroxyl groups is 2. The lowest BCUT2D eigenvalue weighted by Crippen LogP contribution is -2.69. The number of rotatable bonds is 18. The Bertz CT molecular complexity index is 1750. The highest BCUT2D eigenvalue weighted by molar-refractivity contribution is 6.03. The van der Waals surface area contributed by atoms with Crippen LogP contribution >= 0.6 is 0 Å². The molecule has 1 saturated carbocycles. The minimum atomic E-state index is -1.37. The fraction of sp³-hybridized carbons (Fsp3) is 0.523. The molecule has 11 heteroatoms. The molecular weight excluding hydrogens is 698 g/mol. The van der Waals surface area contributed by atoms with Gasteiger partial charge in [0, 0.05) is 50.1 Å².